The summed E-state index contributed by atoms with van der Waals surface area (Å²) in [6.45, 7) is 1.85. The van der Waals surface area contributed by atoms with E-state index in [2.05, 4.69) is 0 Å². The first kappa shape index (κ1) is 13.9. The smallest absolute Gasteiger partial charge is 0.236 e. The van der Waals surface area contributed by atoms with Crippen LogP contribution in [0.15, 0.2) is 24.3 Å². The van der Waals surface area contributed by atoms with Crippen molar-refractivity contribution in [3.8, 4) is 0 Å². The molecule has 0 N–H and O–H groups in total. The van der Waals surface area contributed by atoms with E-state index in [-0.39, 0.29) is 35.3 Å². The number of carbonyl (C=O) groups is 2. The number of rotatable bonds is 4. The van der Waals surface area contributed by atoms with Crippen molar-refractivity contribution in [2.45, 2.75) is 24.0 Å². The lowest BCUT2D eigenvalue weighted by Crippen LogP contribution is -2.35. The van der Waals surface area contributed by atoms with Crippen LogP contribution in [0.3, 0.4) is 0 Å². The molecule has 4 nitrogen and oxygen atoms in total. The molecule has 1 fully saturated rings. The summed E-state index contributed by atoms with van der Waals surface area (Å²) in [5.74, 6) is -1.69. The summed E-state index contributed by atoms with van der Waals surface area (Å²) < 4.78 is 13.2. The van der Waals surface area contributed by atoms with Gasteiger partial charge in [-0.3, -0.25) is 4.79 Å². The van der Waals surface area contributed by atoms with Gasteiger partial charge in [-0.05, 0) is 24.6 Å². The molecular weight excluding hydrogens is 269 g/mol. The summed E-state index contributed by atoms with van der Waals surface area (Å²) in [6.07, 6.45) is -0.217. The van der Waals surface area contributed by atoms with Crippen molar-refractivity contribution in [2.24, 2.45) is 0 Å². The third-order valence-corrected chi connectivity index (χ3v) is 4.33. The Balaban J connectivity index is 2.22. The maximum Gasteiger partial charge on any atom is 0.236 e. The summed E-state index contributed by atoms with van der Waals surface area (Å²) in [4.78, 5) is 24.0. The molecule has 6 heteroatoms. The molecule has 1 amide bonds. The van der Waals surface area contributed by atoms with Gasteiger partial charge in [-0.1, -0.05) is 12.1 Å². The average molecular weight is 282 g/mol. The van der Waals surface area contributed by atoms with Gasteiger partial charge in [-0.15, -0.1) is 11.8 Å². The first-order chi connectivity index (χ1) is 8.99. The normalized spacial score (nSPS) is 22.8. The lowest BCUT2D eigenvalue weighted by Gasteiger charge is -2.24. The number of carbonyl (C=O) groups excluding carboxylic acids is 2. The van der Waals surface area contributed by atoms with Gasteiger partial charge in [-0.25, -0.2) is 4.39 Å². The predicted octanol–water partition coefficient (Wildman–Crippen LogP) is 0.928. The van der Waals surface area contributed by atoms with Crippen LogP contribution < -0.4 is 5.11 Å². The first-order valence-electron chi connectivity index (χ1n) is 5.90. The molecule has 1 saturated heterocycles. The molecule has 1 aliphatic heterocycles. The zero-order valence-electron chi connectivity index (χ0n) is 10.3. The minimum Gasteiger partial charge on any atom is -0.550 e. The fraction of sp³-hybridized carbons (Fsp3) is 0.385. The number of carboxylic acids is 1. The van der Waals surface area contributed by atoms with Gasteiger partial charge >= 0.3 is 0 Å². The molecule has 0 unspecified atom stereocenters. The van der Waals surface area contributed by atoms with E-state index in [1.54, 1.807) is 19.1 Å². The minimum atomic E-state index is -1.20. The first-order valence-corrected chi connectivity index (χ1v) is 6.84. The molecule has 0 radical (unpaired) electrons. The Labute approximate surface area is 114 Å². The Morgan fingerprint density at radius 1 is 1.53 bits per heavy atom. The molecule has 19 heavy (non-hydrogen) atoms. The van der Waals surface area contributed by atoms with Gasteiger partial charge in [0, 0.05) is 18.9 Å². The second-order valence-corrected chi connectivity index (χ2v) is 5.77. The molecular formula is C13H13FNO3S-. The SMILES string of the molecule is C[C@H]1S[C@@H](c2cccc(F)c2)N(CCC(=O)[O-])C1=O. The Kier molecular flexibility index (Phi) is 4.09. The van der Waals surface area contributed by atoms with Crippen molar-refractivity contribution < 1.29 is 19.1 Å². The maximum absolute atomic E-state index is 13.2. The maximum atomic E-state index is 13.2. The Bertz CT molecular complexity index is 508. The fourth-order valence-electron chi connectivity index (χ4n) is 2.03. The van der Waals surface area contributed by atoms with Gasteiger partial charge in [0.2, 0.25) is 5.91 Å². The van der Waals surface area contributed by atoms with Crippen molar-refractivity contribution >= 4 is 23.6 Å². The van der Waals surface area contributed by atoms with Crippen LogP contribution >= 0.6 is 11.8 Å². The van der Waals surface area contributed by atoms with Gasteiger partial charge in [0.1, 0.15) is 11.2 Å². The number of hydrogen-bond donors (Lipinski definition) is 0. The lowest BCUT2D eigenvalue weighted by molar-refractivity contribution is -0.305. The molecule has 1 heterocycles. The Hall–Kier alpha value is -1.56. The molecule has 2 atom stereocenters. The molecule has 1 aliphatic rings. The van der Waals surface area contributed by atoms with Crippen LogP contribution in [0, 0.1) is 5.82 Å². The highest BCUT2D eigenvalue weighted by molar-refractivity contribution is 8.01. The summed E-state index contributed by atoms with van der Waals surface area (Å²) >= 11 is 1.39. The van der Waals surface area contributed by atoms with Crippen molar-refractivity contribution in [1.82, 2.24) is 4.90 Å². The third kappa shape index (κ3) is 3.07. The monoisotopic (exact) mass is 282 g/mol. The second kappa shape index (κ2) is 5.61. The average Bonchev–Trinajstić information content (AvgIpc) is 2.63. The Morgan fingerprint density at radius 3 is 2.89 bits per heavy atom. The highest BCUT2D eigenvalue weighted by Gasteiger charge is 2.38. The number of benzene rings is 1. The Morgan fingerprint density at radius 2 is 2.26 bits per heavy atom. The number of carboxylic acid groups (broad SMARTS) is 1. The van der Waals surface area contributed by atoms with Crippen molar-refractivity contribution in [1.29, 1.82) is 0 Å². The second-order valence-electron chi connectivity index (χ2n) is 4.34. The molecule has 2 rings (SSSR count). The highest BCUT2D eigenvalue weighted by atomic mass is 32.2. The summed E-state index contributed by atoms with van der Waals surface area (Å²) in [5, 5.41) is 9.94. The van der Waals surface area contributed by atoms with E-state index in [1.165, 1.54) is 28.8 Å². The zero-order valence-corrected chi connectivity index (χ0v) is 11.2. The van der Waals surface area contributed by atoms with E-state index in [0.717, 1.165) is 0 Å². The number of thioether (sulfide) groups is 1. The fourth-order valence-corrected chi connectivity index (χ4v) is 3.33. The number of amides is 1. The molecule has 1 aromatic carbocycles. The van der Waals surface area contributed by atoms with Crippen molar-refractivity contribution in [2.75, 3.05) is 6.54 Å². The van der Waals surface area contributed by atoms with Crippen LogP contribution in [0.1, 0.15) is 24.3 Å². The molecule has 0 spiro atoms. The quantitative estimate of drug-likeness (QED) is 0.824. The van der Waals surface area contributed by atoms with Gasteiger partial charge < -0.3 is 14.8 Å². The molecule has 1 aromatic rings. The zero-order chi connectivity index (χ0) is 14.0. The van der Waals surface area contributed by atoms with E-state index >= 15 is 0 Å². The number of halogens is 1. The van der Waals surface area contributed by atoms with Crippen LogP contribution in [0.2, 0.25) is 0 Å². The van der Waals surface area contributed by atoms with E-state index in [1.807, 2.05) is 0 Å². The topological polar surface area (TPSA) is 60.4 Å². The van der Waals surface area contributed by atoms with Gasteiger partial charge in [0.05, 0.1) is 5.25 Å². The van der Waals surface area contributed by atoms with Crippen LogP contribution in [0.4, 0.5) is 4.39 Å². The van der Waals surface area contributed by atoms with Crippen LogP contribution in [0.25, 0.3) is 0 Å². The molecule has 0 bridgehead atoms. The number of aliphatic carboxylic acids is 1. The van der Waals surface area contributed by atoms with Gasteiger partial charge in [-0.2, -0.15) is 0 Å². The number of nitrogens with zero attached hydrogens (tertiary/aromatic N) is 1. The van der Waals surface area contributed by atoms with Crippen molar-refractivity contribution in [3.05, 3.63) is 35.6 Å². The van der Waals surface area contributed by atoms with Crippen LogP contribution in [-0.2, 0) is 9.59 Å². The van der Waals surface area contributed by atoms with Crippen LogP contribution in [-0.4, -0.2) is 28.6 Å². The van der Waals surface area contributed by atoms with E-state index < -0.39 is 5.97 Å². The number of hydrogen-bond acceptors (Lipinski definition) is 4. The highest BCUT2D eigenvalue weighted by Crippen LogP contribution is 2.42. The van der Waals surface area contributed by atoms with Crippen molar-refractivity contribution in [3.63, 3.8) is 0 Å². The molecule has 102 valence electrons. The summed E-state index contributed by atoms with van der Waals surface area (Å²) in [6, 6.07) is 6.02. The minimum absolute atomic E-state index is 0.0830. The molecule has 0 saturated carbocycles. The molecule has 0 aliphatic carbocycles. The van der Waals surface area contributed by atoms with Crippen LogP contribution in [0.5, 0.6) is 0 Å². The molecule has 0 aromatic heterocycles. The van der Waals surface area contributed by atoms with E-state index in [4.69, 9.17) is 0 Å². The summed E-state index contributed by atoms with van der Waals surface area (Å²) in [5.41, 5.74) is 0.668. The standard InChI is InChI=1S/C13H14FNO3S/c1-8-12(18)15(6-5-11(16)17)13(19-8)9-3-2-4-10(14)7-9/h2-4,7-8,13H,5-6H2,1H3,(H,16,17)/p-1/t8-,13+/m1/s1. The summed E-state index contributed by atoms with van der Waals surface area (Å²) in [7, 11) is 0. The predicted molar refractivity (Wildman–Crippen MR) is 67.5 cm³/mol. The largest absolute Gasteiger partial charge is 0.550 e. The van der Waals surface area contributed by atoms with E-state index in [9.17, 15) is 19.1 Å². The van der Waals surface area contributed by atoms with Gasteiger partial charge in [0.15, 0.2) is 0 Å². The lowest BCUT2D eigenvalue weighted by atomic mass is 10.2. The van der Waals surface area contributed by atoms with E-state index in [0.29, 0.717) is 5.56 Å². The third-order valence-electron chi connectivity index (χ3n) is 2.94. The van der Waals surface area contributed by atoms with Gasteiger partial charge in [0.25, 0.3) is 0 Å².